The van der Waals surface area contributed by atoms with Crippen molar-refractivity contribution in [3.8, 4) is 0 Å². The van der Waals surface area contributed by atoms with Crippen LogP contribution in [0, 0.1) is 6.92 Å². The van der Waals surface area contributed by atoms with Gasteiger partial charge < -0.3 is 11.1 Å². The van der Waals surface area contributed by atoms with Gasteiger partial charge >= 0.3 is 0 Å². The molecule has 2 aromatic heterocycles. The topological polar surface area (TPSA) is 68.8 Å². The highest BCUT2D eigenvalue weighted by Gasteiger charge is 2.12. The Morgan fingerprint density at radius 2 is 2.11 bits per heavy atom. The third-order valence-corrected chi connectivity index (χ3v) is 2.81. The van der Waals surface area contributed by atoms with Gasteiger partial charge in [-0.3, -0.25) is 4.68 Å². The zero-order chi connectivity index (χ0) is 13.3. The molecular formula is C13H19N5. The number of nitrogens with one attached hydrogen (secondary N) is 1. The molecule has 0 saturated heterocycles. The Labute approximate surface area is 107 Å². The summed E-state index contributed by atoms with van der Waals surface area (Å²) < 4.78 is 1.80. The van der Waals surface area contributed by atoms with Crippen LogP contribution >= 0.6 is 0 Å². The van der Waals surface area contributed by atoms with E-state index < -0.39 is 0 Å². The average molecular weight is 245 g/mol. The fourth-order valence-electron chi connectivity index (χ4n) is 1.77. The molecule has 2 rings (SSSR count). The fraction of sp³-hybridized carbons (Fsp3) is 0.385. The van der Waals surface area contributed by atoms with Crippen molar-refractivity contribution in [2.24, 2.45) is 7.05 Å². The molecule has 96 valence electrons. The Bertz CT molecular complexity index is 557. The second kappa shape index (κ2) is 4.68. The number of aryl methyl sites for hydroxylation is 2. The number of rotatable bonds is 3. The first-order chi connectivity index (χ1) is 8.47. The molecule has 3 N–H and O–H groups in total. The van der Waals surface area contributed by atoms with Crippen LogP contribution in [0.15, 0.2) is 18.5 Å². The molecule has 5 nitrogen and oxygen atoms in total. The van der Waals surface area contributed by atoms with Crippen LogP contribution < -0.4 is 11.1 Å². The van der Waals surface area contributed by atoms with E-state index in [0.29, 0.717) is 5.92 Å². The molecule has 0 atom stereocenters. The van der Waals surface area contributed by atoms with Gasteiger partial charge in [-0.15, -0.1) is 0 Å². The minimum Gasteiger partial charge on any atom is -0.398 e. The monoisotopic (exact) mass is 245 g/mol. The number of nitrogen functional groups attached to an aromatic ring is 1. The fourth-order valence-corrected chi connectivity index (χ4v) is 1.77. The van der Waals surface area contributed by atoms with E-state index in [1.807, 2.05) is 26.2 Å². The van der Waals surface area contributed by atoms with Crippen molar-refractivity contribution in [1.29, 1.82) is 0 Å². The zero-order valence-electron chi connectivity index (χ0n) is 11.2. The lowest BCUT2D eigenvalue weighted by Gasteiger charge is -2.08. The Morgan fingerprint density at radius 3 is 2.72 bits per heavy atom. The van der Waals surface area contributed by atoms with Crippen LogP contribution in [0.25, 0.3) is 0 Å². The van der Waals surface area contributed by atoms with Gasteiger partial charge in [0.05, 0.1) is 11.4 Å². The molecule has 0 aliphatic heterocycles. The van der Waals surface area contributed by atoms with Crippen LogP contribution in [0.3, 0.4) is 0 Å². The number of anilines is 3. The van der Waals surface area contributed by atoms with Crippen LogP contribution in [-0.4, -0.2) is 14.8 Å². The second-order valence-corrected chi connectivity index (χ2v) is 4.81. The molecule has 5 heteroatoms. The van der Waals surface area contributed by atoms with E-state index in [1.165, 1.54) is 0 Å². The lowest BCUT2D eigenvalue weighted by atomic mass is 10.1. The highest BCUT2D eigenvalue weighted by atomic mass is 15.3. The van der Waals surface area contributed by atoms with E-state index in [4.69, 9.17) is 5.73 Å². The molecule has 0 aliphatic rings. The summed E-state index contributed by atoms with van der Waals surface area (Å²) in [5, 5.41) is 7.71. The largest absolute Gasteiger partial charge is 0.398 e. The summed E-state index contributed by atoms with van der Waals surface area (Å²) in [6.45, 7) is 6.17. The van der Waals surface area contributed by atoms with Crippen LogP contribution in [0.2, 0.25) is 0 Å². The summed E-state index contributed by atoms with van der Waals surface area (Å²) in [4.78, 5) is 4.32. The molecule has 18 heavy (non-hydrogen) atoms. The molecule has 2 heterocycles. The molecule has 0 amide bonds. The summed E-state index contributed by atoms with van der Waals surface area (Å²) in [6, 6.07) is 1.84. The molecule has 0 aromatic carbocycles. The van der Waals surface area contributed by atoms with Crippen molar-refractivity contribution in [3.63, 3.8) is 0 Å². The van der Waals surface area contributed by atoms with Gasteiger partial charge in [-0.05, 0) is 18.4 Å². The Balaban J connectivity index is 2.30. The Hall–Kier alpha value is -2.04. The van der Waals surface area contributed by atoms with Crippen molar-refractivity contribution in [1.82, 2.24) is 14.8 Å². The van der Waals surface area contributed by atoms with Gasteiger partial charge in [0, 0.05) is 31.2 Å². The minimum absolute atomic E-state index is 0.358. The highest BCUT2D eigenvalue weighted by molar-refractivity contribution is 5.63. The van der Waals surface area contributed by atoms with Crippen LogP contribution in [-0.2, 0) is 7.05 Å². The van der Waals surface area contributed by atoms with Crippen molar-refractivity contribution < 1.29 is 0 Å². The molecule has 0 aliphatic carbocycles. The first-order valence-corrected chi connectivity index (χ1v) is 6.00. The quantitative estimate of drug-likeness (QED) is 0.872. The van der Waals surface area contributed by atoms with Crippen LogP contribution in [0.1, 0.15) is 31.0 Å². The van der Waals surface area contributed by atoms with Gasteiger partial charge in [0.25, 0.3) is 0 Å². The molecule has 2 aromatic rings. The summed E-state index contributed by atoms with van der Waals surface area (Å²) in [6.07, 6.45) is 3.72. The van der Waals surface area contributed by atoms with Crippen molar-refractivity contribution >= 4 is 17.2 Å². The summed E-state index contributed by atoms with van der Waals surface area (Å²) >= 11 is 0. The average Bonchev–Trinajstić information content (AvgIpc) is 2.65. The maximum atomic E-state index is 5.88. The predicted molar refractivity (Wildman–Crippen MR) is 74.0 cm³/mol. The molecule has 0 bridgehead atoms. The van der Waals surface area contributed by atoms with Gasteiger partial charge in [-0.2, -0.15) is 5.10 Å². The maximum absolute atomic E-state index is 5.88. The first kappa shape index (κ1) is 12.4. The van der Waals surface area contributed by atoms with Gasteiger partial charge in [-0.25, -0.2) is 4.98 Å². The predicted octanol–water partition coefficient (Wildman–Crippen LogP) is 2.57. The Morgan fingerprint density at radius 1 is 1.39 bits per heavy atom. The van der Waals surface area contributed by atoms with E-state index in [9.17, 15) is 0 Å². The van der Waals surface area contributed by atoms with Crippen molar-refractivity contribution in [2.75, 3.05) is 11.1 Å². The molecule has 0 saturated carbocycles. The minimum atomic E-state index is 0.358. The first-order valence-electron chi connectivity index (χ1n) is 6.00. The number of nitrogens with two attached hydrogens (primary N) is 1. The molecule has 0 spiro atoms. The van der Waals surface area contributed by atoms with E-state index in [1.54, 1.807) is 10.9 Å². The van der Waals surface area contributed by atoms with E-state index in [0.717, 1.165) is 28.5 Å². The molecule has 0 fully saturated rings. The van der Waals surface area contributed by atoms with E-state index >= 15 is 0 Å². The lowest BCUT2D eigenvalue weighted by molar-refractivity contribution is 0.713. The molecule has 0 radical (unpaired) electrons. The number of aromatic nitrogens is 3. The summed E-state index contributed by atoms with van der Waals surface area (Å²) in [7, 11) is 1.91. The SMILES string of the molecule is Cc1cnc(Nc2cn(C)nc2C(C)C)cc1N. The normalized spacial score (nSPS) is 10.9. The van der Waals surface area contributed by atoms with E-state index in [2.05, 4.69) is 29.2 Å². The van der Waals surface area contributed by atoms with Gasteiger partial charge in [0.2, 0.25) is 0 Å². The van der Waals surface area contributed by atoms with Gasteiger partial charge in [0.15, 0.2) is 0 Å². The second-order valence-electron chi connectivity index (χ2n) is 4.81. The van der Waals surface area contributed by atoms with E-state index in [-0.39, 0.29) is 0 Å². The van der Waals surface area contributed by atoms with Gasteiger partial charge in [0.1, 0.15) is 5.82 Å². The van der Waals surface area contributed by atoms with Crippen LogP contribution in [0.4, 0.5) is 17.2 Å². The van der Waals surface area contributed by atoms with Crippen molar-refractivity contribution in [2.45, 2.75) is 26.7 Å². The summed E-state index contributed by atoms with van der Waals surface area (Å²) in [5.41, 5.74) is 9.60. The molecular weight excluding hydrogens is 226 g/mol. The number of hydrogen-bond acceptors (Lipinski definition) is 4. The number of nitrogens with zero attached hydrogens (tertiary/aromatic N) is 3. The third-order valence-electron chi connectivity index (χ3n) is 2.81. The molecule has 0 unspecified atom stereocenters. The number of pyridine rings is 1. The van der Waals surface area contributed by atoms with Crippen molar-refractivity contribution in [3.05, 3.63) is 29.7 Å². The highest BCUT2D eigenvalue weighted by Crippen LogP contribution is 2.25. The smallest absolute Gasteiger partial charge is 0.132 e. The number of hydrogen-bond donors (Lipinski definition) is 2. The lowest BCUT2D eigenvalue weighted by Crippen LogP contribution is -2.00. The maximum Gasteiger partial charge on any atom is 0.132 e. The zero-order valence-corrected chi connectivity index (χ0v) is 11.2. The standard InChI is InChI=1S/C13H19N5/c1-8(2)13-11(7-18(4)17-13)16-12-5-10(14)9(3)6-15-12/h5-8H,1-4H3,(H3,14,15,16). The van der Waals surface area contributed by atoms with Crippen LogP contribution in [0.5, 0.6) is 0 Å². The Kier molecular flexibility index (Phi) is 3.23. The third kappa shape index (κ3) is 2.45. The van der Waals surface area contributed by atoms with Gasteiger partial charge in [-0.1, -0.05) is 13.8 Å². The summed E-state index contributed by atoms with van der Waals surface area (Å²) in [5.74, 6) is 1.10.